The summed E-state index contributed by atoms with van der Waals surface area (Å²) in [5.41, 5.74) is 2.46. The average Bonchev–Trinajstić information content (AvgIpc) is 3.03. The minimum absolute atomic E-state index is 0.275. The molecule has 0 saturated carbocycles. The van der Waals surface area contributed by atoms with Crippen LogP contribution < -0.4 is 0 Å². The molecule has 7 heteroatoms. The predicted octanol–water partition coefficient (Wildman–Crippen LogP) is 1.91. The minimum Gasteiger partial charge on any atom is -0.479 e. The second kappa shape index (κ2) is 5.00. The van der Waals surface area contributed by atoms with E-state index in [1.54, 1.807) is 31.3 Å². The number of carbonyl (C=O) groups excluding carboxylic acids is 1. The van der Waals surface area contributed by atoms with Crippen LogP contribution in [0.5, 0.6) is 0 Å². The third kappa shape index (κ3) is 2.13. The Bertz CT molecular complexity index is 699. The highest BCUT2D eigenvalue weighted by atomic mass is 32.1. The van der Waals surface area contributed by atoms with E-state index in [0.29, 0.717) is 29.9 Å². The zero-order valence-corrected chi connectivity index (χ0v) is 12.5. The van der Waals surface area contributed by atoms with Crippen LogP contribution in [0.1, 0.15) is 38.2 Å². The number of H-pyrrole nitrogens is 1. The number of carboxylic acid groups (broad SMARTS) is 1. The number of nitrogens with one attached hydrogen (secondary N) is 1. The maximum absolute atomic E-state index is 12.8. The quantitative estimate of drug-likeness (QED) is 0.887. The van der Waals surface area contributed by atoms with Crippen molar-refractivity contribution in [2.75, 3.05) is 6.54 Å². The monoisotopic (exact) mass is 305 g/mol. The zero-order valence-electron chi connectivity index (χ0n) is 11.7. The summed E-state index contributed by atoms with van der Waals surface area (Å²) in [6.45, 7) is 3.92. The lowest BCUT2D eigenvalue weighted by molar-refractivity contribution is -0.142. The van der Waals surface area contributed by atoms with E-state index < -0.39 is 12.0 Å². The molecule has 0 bridgehead atoms. The summed E-state index contributed by atoms with van der Waals surface area (Å²) in [6, 6.07) is 0.883. The van der Waals surface area contributed by atoms with Gasteiger partial charge in [0.05, 0.1) is 11.3 Å². The highest BCUT2D eigenvalue weighted by Crippen LogP contribution is 2.34. The molecule has 1 amide bonds. The highest BCUT2D eigenvalue weighted by molar-refractivity contribution is 7.10. The molecule has 1 atom stereocenters. The molecule has 6 nitrogen and oxygen atoms in total. The van der Waals surface area contributed by atoms with Gasteiger partial charge in [-0.2, -0.15) is 5.10 Å². The Hall–Kier alpha value is -2.15. The predicted molar refractivity (Wildman–Crippen MR) is 77.5 cm³/mol. The molecule has 1 aliphatic rings. The molecule has 0 spiro atoms. The van der Waals surface area contributed by atoms with Gasteiger partial charge in [0.15, 0.2) is 6.04 Å². The van der Waals surface area contributed by atoms with Gasteiger partial charge in [-0.15, -0.1) is 11.3 Å². The summed E-state index contributed by atoms with van der Waals surface area (Å²) >= 11 is 1.54. The largest absolute Gasteiger partial charge is 0.479 e. The van der Waals surface area contributed by atoms with Gasteiger partial charge in [0.1, 0.15) is 0 Å². The van der Waals surface area contributed by atoms with Crippen LogP contribution in [0.25, 0.3) is 0 Å². The summed E-state index contributed by atoms with van der Waals surface area (Å²) in [5.74, 6) is -1.27. The number of rotatable bonds is 2. The highest BCUT2D eigenvalue weighted by Gasteiger charge is 2.38. The third-order valence-corrected chi connectivity index (χ3v) is 4.80. The van der Waals surface area contributed by atoms with E-state index in [1.807, 2.05) is 5.38 Å². The standard InChI is InChI=1S/C14H15N3O3S/c1-7-11(8(2)16-15-7)13(18)17-5-3-10-9(4-6-21-10)12(17)14(19)20/h4,6,12H,3,5H2,1-2H3,(H,15,16)(H,19,20). The summed E-state index contributed by atoms with van der Waals surface area (Å²) in [6.07, 6.45) is 0.693. The van der Waals surface area contributed by atoms with Crippen molar-refractivity contribution >= 4 is 23.2 Å². The first-order valence-electron chi connectivity index (χ1n) is 6.62. The second-order valence-electron chi connectivity index (χ2n) is 5.10. The van der Waals surface area contributed by atoms with E-state index in [2.05, 4.69) is 10.2 Å². The molecule has 3 heterocycles. The van der Waals surface area contributed by atoms with Gasteiger partial charge in [0.2, 0.25) is 0 Å². The number of aryl methyl sites for hydroxylation is 2. The number of thiophene rings is 1. The van der Waals surface area contributed by atoms with Crippen molar-refractivity contribution in [2.24, 2.45) is 0 Å². The Morgan fingerprint density at radius 3 is 2.86 bits per heavy atom. The Morgan fingerprint density at radius 1 is 1.48 bits per heavy atom. The van der Waals surface area contributed by atoms with Crippen LogP contribution in [0.4, 0.5) is 0 Å². The molecule has 1 unspecified atom stereocenters. The number of hydrogen-bond acceptors (Lipinski definition) is 4. The van der Waals surface area contributed by atoms with Gasteiger partial charge in [0.25, 0.3) is 5.91 Å². The lowest BCUT2D eigenvalue weighted by Gasteiger charge is -2.33. The van der Waals surface area contributed by atoms with Crippen molar-refractivity contribution in [3.05, 3.63) is 38.8 Å². The van der Waals surface area contributed by atoms with Crippen molar-refractivity contribution in [2.45, 2.75) is 26.3 Å². The fraction of sp³-hybridized carbons (Fsp3) is 0.357. The van der Waals surface area contributed by atoms with E-state index in [4.69, 9.17) is 0 Å². The normalized spacial score (nSPS) is 17.6. The molecule has 0 aliphatic carbocycles. The fourth-order valence-electron chi connectivity index (χ4n) is 2.81. The number of hydrogen-bond donors (Lipinski definition) is 2. The van der Waals surface area contributed by atoms with Gasteiger partial charge in [0, 0.05) is 17.1 Å². The van der Waals surface area contributed by atoms with Crippen molar-refractivity contribution in [3.8, 4) is 0 Å². The fourth-order valence-corrected chi connectivity index (χ4v) is 3.71. The van der Waals surface area contributed by atoms with Crippen LogP contribution in [0.3, 0.4) is 0 Å². The molecular formula is C14H15N3O3S. The average molecular weight is 305 g/mol. The Kier molecular flexibility index (Phi) is 3.29. The van der Waals surface area contributed by atoms with Crippen molar-refractivity contribution in [1.29, 1.82) is 0 Å². The molecule has 3 rings (SSSR count). The Balaban J connectivity index is 2.02. The van der Waals surface area contributed by atoms with Crippen LogP contribution in [0.2, 0.25) is 0 Å². The van der Waals surface area contributed by atoms with E-state index in [1.165, 1.54) is 4.90 Å². The Morgan fingerprint density at radius 2 is 2.24 bits per heavy atom. The maximum atomic E-state index is 12.8. The smallest absolute Gasteiger partial charge is 0.331 e. The van der Waals surface area contributed by atoms with Gasteiger partial charge in [-0.25, -0.2) is 4.79 Å². The van der Waals surface area contributed by atoms with Crippen LogP contribution in [-0.4, -0.2) is 38.6 Å². The molecule has 2 aromatic heterocycles. The van der Waals surface area contributed by atoms with E-state index in [-0.39, 0.29) is 5.91 Å². The number of aromatic nitrogens is 2. The van der Waals surface area contributed by atoms with Gasteiger partial charge < -0.3 is 10.0 Å². The van der Waals surface area contributed by atoms with Crippen LogP contribution in [0, 0.1) is 13.8 Å². The summed E-state index contributed by atoms with van der Waals surface area (Å²) in [4.78, 5) is 26.9. The molecule has 2 N–H and O–H groups in total. The van der Waals surface area contributed by atoms with Gasteiger partial charge in [-0.3, -0.25) is 9.89 Å². The molecule has 2 aromatic rings. The number of carbonyl (C=O) groups is 2. The van der Waals surface area contributed by atoms with Gasteiger partial charge >= 0.3 is 5.97 Å². The third-order valence-electron chi connectivity index (χ3n) is 3.80. The van der Waals surface area contributed by atoms with Crippen molar-refractivity contribution in [3.63, 3.8) is 0 Å². The lowest BCUT2D eigenvalue weighted by Crippen LogP contribution is -2.43. The molecule has 0 saturated heterocycles. The number of aliphatic carboxylic acids is 1. The summed E-state index contributed by atoms with van der Waals surface area (Å²) in [7, 11) is 0. The van der Waals surface area contributed by atoms with Crippen molar-refractivity contribution in [1.82, 2.24) is 15.1 Å². The molecule has 0 radical (unpaired) electrons. The maximum Gasteiger partial charge on any atom is 0.331 e. The van der Waals surface area contributed by atoms with Gasteiger partial charge in [-0.05, 0) is 37.3 Å². The molecule has 1 aliphatic heterocycles. The Labute approximate surface area is 125 Å². The molecule has 110 valence electrons. The molecule has 0 aromatic carbocycles. The lowest BCUT2D eigenvalue weighted by atomic mass is 9.98. The first-order chi connectivity index (χ1) is 10.0. The number of carboxylic acids is 1. The summed E-state index contributed by atoms with van der Waals surface area (Å²) in [5, 5.41) is 18.2. The minimum atomic E-state index is -0.999. The number of aromatic amines is 1. The van der Waals surface area contributed by atoms with Crippen LogP contribution >= 0.6 is 11.3 Å². The number of nitrogens with zero attached hydrogens (tertiary/aromatic N) is 2. The molecule has 21 heavy (non-hydrogen) atoms. The van der Waals surface area contributed by atoms with E-state index in [9.17, 15) is 14.7 Å². The second-order valence-corrected chi connectivity index (χ2v) is 6.10. The topological polar surface area (TPSA) is 86.3 Å². The zero-order chi connectivity index (χ0) is 15.1. The number of amides is 1. The first kappa shape index (κ1) is 13.8. The van der Waals surface area contributed by atoms with Crippen LogP contribution in [0.15, 0.2) is 11.4 Å². The van der Waals surface area contributed by atoms with Gasteiger partial charge in [-0.1, -0.05) is 0 Å². The molecule has 0 fully saturated rings. The van der Waals surface area contributed by atoms with E-state index >= 15 is 0 Å². The van der Waals surface area contributed by atoms with Crippen molar-refractivity contribution < 1.29 is 14.7 Å². The van der Waals surface area contributed by atoms with E-state index in [0.717, 1.165) is 10.4 Å². The first-order valence-corrected chi connectivity index (χ1v) is 7.50. The number of fused-ring (bicyclic) bond motifs is 1. The molecular weight excluding hydrogens is 290 g/mol. The summed E-state index contributed by atoms with van der Waals surface area (Å²) < 4.78 is 0. The SMILES string of the molecule is Cc1n[nH]c(C)c1C(=O)N1CCc2sccc2C1C(=O)O. The van der Waals surface area contributed by atoms with Crippen LogP contribution in [-0.2, 0) is 11.2 Å².